The van der Waals surface area contributed by atoms with Crippen molar-refractivity contribution >= 4 is 39.6 Å². The van der Waals surface area contributed by atoms with E-state index >= 15 is 0 Å². The molecular weight excluding hydrogens is 388 g/mol. The average molecular weight is 403 g/mol. The number of ether oxygens (including phenoxy) is 1. The van der Waals surface area contributed by atoms with E-state index in [1.807, 2.05) is 0 Å². The molecule has 0 fully saturated rings. The Morgan fingerprint density at radius 3 is 2.30 bits per heavy atom. The van der Waals surface area contributed by atoms with Crippen molar-refractivity contribution in [2.45, 2.75) is 6.92 Å². The molecule has 3 rings (SSSR count). The quantitative estimate of drug-likeness (QED) is 0.350. The van der Waals surface area contributed by atoms with E-state index in [1.165, 1.54) is 23.5 Å². The number of nitro benzene ring substituents is 1. The molecule has 1 heterocycles. The lowest BCUT2D eigenvalue weighted by Gasteiger charge is -2.09. The van der Waals surface area contributed by atoms with E-state index in [9.17, 15) is 14.9 Å². The molecule has 0 saturated heterocycles. The number of nitrogens with zero attached hydrogens (tertiary/aromatic N) is 1. The van der Waals surface area contributed by atoms with Crippen LogP contribution >= 0.6 is 22.9 Å². The molecule has 0 atom stereocenters. The Bertz CT molecular complexity index is 998. The summed E-state index contributed by atoms with van der Waals surface area (Å²) >= 11 is 7.22. The molecule has 2 N–H and O–H groups in total. The molecule has 27 heavy (non-hydrogen) atoms. The second-order valence-electron chi connectivity index (χ2n) is 5.58. The van der Waals surface area contributed by atoms with Crippen LogP contribution in [0.15, 0.2) is 48.5 Å². The van der Waals surface area contributed by atoms with Crippen LogP contribution < -0.4 is 5.73 Å². The van der Waals surface area contributed by atoms with Crippen LogP contribution in [0.3, 0.4) is 0 Å². The minimum atomic E-state index is -0.510. The fraction of sp³-hybridized carbons (Fsp3) is 0.105. The third kappa shape index (κ3) is 3.79. The Hall–Kier alpha value is -2.90. The van der Waals surface area contributed by atoms with Crippen molar-refractivity contribution in [3.63, 3.8) is 0 Å². The van der Waals surface area contributed by atoms with Crippen molar-refractivity contribution < 1.29 is 14.5 Å². The molecule has 3 aromatic rings. The number of esters is 1. The summed E-state index contributed by atoms with van der Waals surface area (Å²) in [6.07, 6.45) is 0. The molecule has 6 nitrogen and oxygen atoms in total. The molecule has 0 saturated carbocycles. The third-order valence-electron chi connectivity index (χ3n) is 3.89. The highest BCUT2D eigenvalue weighted by Gasteiger charge is 2.25. The molecule has 0 radical (unpaired) electrons. The van der Waals surface area contributed by atoms with Crippen molar-refractivity contribution in [1.29, 1.82) is 0 Å². The topological polar surface area (TPSA) is 95.5 Å². The highest BCUT2D eigenvalue weighted by Crippen LogP contribution is 2.45. The zero-order chi connectivity index (χ0) is 19.6. The van der Waals surface area contributed by atoms with Gasteiger partial charge in [0.1, 0.15) is 10.6 Å². The molecule has 138 valence electrons. The predicted octanol–water partition coefficient (Wildman–Crippen LogP) is 5.40. The fourth-order valence-corrected chi connectivity index (χ4v) is 3.89. The van der Waals surface area contributed by atoms with Gasteiger partial charge in [-0.1, -0.05) is 23.7 Å². The van der Waals surface area contributed by atoms with E-state index in [2.05, 4.69) is 0 Å². The van der Waals surface area contributed by atoms with Gasteiger partial charge >= 0.3 is 5.97 Å². The van der Waals surface area contributed by atoms with Gasteiger partial charge in [-0.05, 0) is 42.3 Å². The van der Waals surface area contributed by atoms with Crippen LogP contribution in [0, 0.1) is 10.1 Å². The van der Waals surface area contributed by atoms with Crippen LogP contribution in [0.2, 0.25) is 5.02 Å². The monoisotopic (exact) mass is 402 g/mol. The van der Waals surface area contributed by atoms with E-state index in [0.29, 0.717) is 15.6 Å². The van der Waals surface area contributed by atoms with Gasteiger partial charge in [-0.3, -0.25) is 10.1 Å². The highest BCUT2D eigenvalue weighted by atomic mass is 35.5. The van der Waals surface area contributed by atoms with E-state index in [-0.39, 0.29) is 17.9 Å². The minimum absolute atomic E-state index is 0.0121. The number of rotatable bonds is 5. The van der Waals surface area contributed by atoms with Gasteiger partial charge in [0, 0.05) is 27.6 Å². The number of carbonyl (C=O) groups excluding carboxylic acids is 1. The SMILES string of the molecule is CCOC(=O)c1c(N)sc(-c2ccc([N+](=O)[O-])cc2)c1-c1ccc(Cl)cc1. The minimum Gasteiger partial charge on any atom is -0.462 e. The first-order valence-corrected chi connectivity index (χ1v) is 9.22. The number of anilines is 1. The third-order valence-corrected chi connectivity index (χ3v) is 5.21. The molecule has 1 aromatic heterocycles. The van der Waals surface area contributed by atoms with Crippen LogP contribution in [0.5, 0.6) is 0 Å². The van der Waals surface area contributed by atoms with Crippen molar-refractivity contribution in [3.8, 4) is 21.6 Å². The Balaban J connectivity index is 2.21. The molecule has 0 aliphatic rings. The first-order valence-electron chi connectivity index (χ1n) is 8.02. The van der Waals surface area contributed by atoms with Crippen molar-refractivity contribution in [3.05, 3.63) is 69.2 Å². The van der Waals surface area contributed by atoms with Gasteiger partial charge in [0.25, 0.3) is 5.69 Å². The summed E-state index contributed by atoms with van der Waals surface area (Å²) in [6.45, 7) is 1.95. The van der Waals surface area contributed by atoms with E-state index in [0.717, 1.165) is 16.0 Å². The normalized spacial score (nSPS) is 10.6. The van der Waals surface area contributed by atoms with E-state index in [4.69, 9.17) is 22.1 Å². The first-order chi connectivity index (χ1) is 12.9. The van der Waals surface area contributed by atoms with Crippen LogP contribution in [0.4, 0.5) is 10.7 Å². The van der Waals surface area contributed by atoms with Crippen LogP contribution in [0.1, 0.15) is 17.3 Å². The van der Waals surface area contributed by atoms with Gasteiger partial charge in [-0.25, -0.2) is 4.79 Å². The van der Waals surface area contributed by atoms with Crippen LogP contribution in [0.25, 0.3) is 21.6 Å². The summed E-state index contributed by atoms with van der Waals surface area (Å²) in [6, 6.07) is 13.1. The van der Waals surface area contributed by atoms with Gasteiger partial charge in [-0.15, -0.1) is 11.3 Å². The number of hydrogen-bond donors (Lipinski definition) is 1. The molecule has 0 bridgehead atoms. The maximum Gasteiger partial charge on any atom is 0.341 e. The highest BCUT2D eigenvalue weighted by molar-refractivity contribution is 7.20. The molecule has 0 aliphatic heterocycles. The zero-order valence-corrected chi connectivity index (χ0v) is 15.8. The van der Waals surface area contributed by atoms with E-state index < -0.39 is 10.9 Å². The van der Waals surface area contributed by atoms with Gasteiger partial charge in [0.2, 0.25) is 0 Å². The molecule has 0 amide bonds. The molecule has 0 aliphatic carbocycles. The standard InChI is InChI=1S/C19H15ClN2O4S/c1-2-26-19(23)16-15(11-3-7-13(20)8-4-11)17(27-18(16)21)12-5-9-14(10-6-12)22(24)25/h3-10H,2,21H2,1H3. The van der Waals surface area contributed by atoms with Crippen molar-refractivity contribution in [2.75, 3.05) is 12.3 Å². The number of non-ortho nitro benzene ring substituents is 1. The number of benzene rings is 2. The number of halogens is 1. The Labute approximate surface area is 164 Å². The summed E-state index contributed by atoms with van der Waals surface area (Å²) in [5.41, 5.74) is 8.52. The Kier molecular flexibility index (Phi) is 5.43. The number of hydrogen-bond acceptors (Lipinski definition) is 6. The van der Waals surface area contributed by atoms with Gasteiger partial charge in [-0.2, -0.15) is 0 Å². The largest absolute Gasteiger partial charge is 0.462 e. The molecule has 8 heteroatoms. The van der Waals surface area contributed by atoms with Crippen molar-refractivity contribution in [2.24, 2.45) is 0 Å². The fourth-order valence-electron chi connectivity index (χ4n) is 2.68. The van der Waals surface area contributed by atoms with Gasteiger partial charge < -0.3 is 10.5 Å². The lowest BCUT2D eigenvalue weighted by atomic mass is 9.98. The average Bonchev–Trinajstić information content (AvgIpc) is 3.00. The number of nitrogens with two attached hydrogens (primary N) is 1. The number of thiophene rings is 1. The lowest BCUT2D eigenvalue weighted by Crippen LogP contribution is -2.07. The van der Waals surface area contributed by atoms with E-state index in [1.54, 1.807) is 43.3 Å². The van der Waals surface area contributed by atoms with Gasteiger partial charge in [0.05, 0.1) is 11.5 Å². The smallest absolute Gasteiger partial charge is 0.341 e. The molecular formula is C19H15ClN2O4S. The molecule has 2 aromatic carbocycles. The molecule has 0 unspecified atom stereocenters. The predicted molar refractivity (Wildman–Crippen MR) is 107 cm³/mol. The Morgan fingerprint density at radius 1 is 1.15 bits per heavy atom. The van der Waals surface area contributed by atoms with Gasteiger partial charge in [0.15, 0.2) is 0 Å². The van der Waals surface area contributed by atoms with Crippen LogP contribution in [-0.4, -0.2) is 17.5 Å². The summed E-state index contributed by atoms with van der Waals surface area (Å²) in [4.78, 5) is 23.7. The second-order valence-corrected chi connectivity index (χ2v) is 7.07. The maximum atomic E-state index is 12.5. The number of nitrogen functional groups attached to an aromatic ring is 1. The zero-order valence-electron chi connectivity index (χ0n) is 14.3. The summed E-state index contributed by atoms with van der Waals surface area (Å²) < 4.78 is 5.17. The number of carbonyl (C=O) groups is 1. The summed E-state index contributed by atoms with van der Waals surface area (Å²) in [5.74, 6) is -0.510. The van der Waals surface area contributed by atoms with Crippen molar-refractivity contribution in [1.82, 2.24) is 0 Å². The summed E-state index contributed by atoms with van der Waals surface area (Å²) in [7, 11) is 0. The number of nitro groups is 1. The molecule has 0 spiro atoms. The Morgan fingerprint density at radius 2 is 1.74 bits per heavy atom. The van der Waals surface area contributed by atoms with Crippen LogP contribution in [-0.2, 0) is 4.74 Å². The summed E-state index contributed by atoms with van der Waals surface area (Å²) in [5, 5.41) is 11.8. The second kappa shape index (κ2) is 7.77. The maximum absolute atomic E-state index is 12.5. The first kappa shape index (κ1) is 18.9. The lowest BCUT2D eigenvalue weighted by molar-refractivity contribution is -0.384.